The van der Waals surface area contributed by atoms with Crippen molar-refractivity contribution in [1.82, 2.24) is 0 Å². The van der Waals surface area contributed by atoms with Gasteiger partial charge >= 0.3 is 0 Å². The second-order valence-electron chi connectivity index (χ2n) is 5.84. The van der Waals surface area contributed by atoms with E-state index in [0.29, 0.717) is 10.3 Å². The van der Waals surface area contributed by atoms with Crippen molar-refractivity contribution in [3.8, 4) is 5.75 Å². The van der Waals surface area contributed by atoms with Crippen LogP contribution in [0.15, 0.2) is 46.2 Å². The molecule has 1 aromatic heterocycles. The van der Waals surface area contributed by atoms with Crippen molar-refractivity contribution in [2.45, 2.75) is 26.4 Å². The lowest BCUT2D eigenvalue weighted by molar-refractivity contribution is -0.607. The van der Waals surface area contributed by atoms with Crippen LogP contribution in [0.1, 0.15) is 32.0 Å². The predicted molar refractivity (Wildman–Crippen MR) is 87.6 cm³/mol. The normalized spacial score (nSPS) is 12.3. The van der Waals surface area contributed by atoms with Gasteiger partial charge in [0.05, 0.1) is 4.47 Å². The van der Waals surface area contributed by atoms with Gasteiger partial charge in [0.25, 0.3) is 5.69 Å². The van der Waals surface area contributed by atoms with Crippen LogP contribution in [-0.2, 0) is 4.84 Å². The Hall–Kier alpha value is -2.15. The van der Waals surface area contributed by atoms with Crippen LogP contribution < -0.4 is 4.73 Å². The van der Waals surface area contributed by atoms with Crippen molar-refractivity contribution < 1.29 is 19.1 Å². The highest BCUT2D eigenvalue weighted by Gasteiger charge is 2.24. The topological polar surface area (TPSA) is 68.8 Å². The highest BCUT2D eigenvalue weighted by atomic mass is 79.9. The van der Waals surface area contributed by atoms with Crippen molar-refractivity contribution in [1.29, 1.82) is 0 Å². The molecule has 1 heterocycles. The van der Waals surface area contributed by atoms with E-state index in [1.165, 1.54) is 36.5 Å². The third-order valence-corrected chi connectivity index (χ3v) is 3.37. The van der Waals surface area contributed by atoms with E-state index in [9.17, 15) is 14.7 Å². The molecule has 5 nitrogen and oxygen atoms in total. The van der Waals surface area contributed by atoms with Crippen molar-refractivity contribution in [3.05, 3.63) is 63.3 Å². The van der Waals surface area contributed by atoms with E-state index < -0.39 is 11.4 Å². The molecule has 0 aliphatic rings. The van der Waals surface area contributed by atoms with Gasteiger partial charge in [0.15, 0.2) is 17.7 Å². The van der Waals surface area contributed by atoms with Crippen LogP contribution in [-0.4, -0.2) is 16.4 Å². The summed E-state index contributed by atoms with van der Waals surface area (Å²) in [5.41, 5.74) is -0.140. The summed E-state index contributed by atoms with van der Waals surface area (Å²) in [6.07, 6.45) is 1.24. The fraction of sp³-hybridized carbons (Fsp3) is 0.250. The quantitative estimate of drug-likeness (QED) is 0.382. The fourth-order valence-corrected chi connectivity index (χ4v) is 2.14. The van der Waals surface area contributed by atoms with Crippen molar-refractivity contribution >= 4 is 21.6 Å². The van der Waals surface area contributed by atoms with Gasteiger partial charge in [-0.05, 0) is 61.0 Å². The molecule has 23 heavy (non-hydrogen) atoms. The molecule has 1 N–H and O–H groups in total. The third kappa shape index (κ3) is 4.19. The maximum atomic E-state index is 13.5. The molecule has 2 rings (SSSR count). The number of halogens is 2. The average Bonchev–Trinajstić information content (AvgIpc) is 2.44. The second-order valence-corrected chi connectivity index (χ2v) is 6.69. The lowest BCUT2D eigenvalue weighted by atomic mass is 10.1. The second kappa shape index (κ2) is 6.54. The zero-order valence-corrected chi connectivity index (χ0v) is 14.5. The van der Waals surface area contributed by atoms with Gasteiger partial charge in [0.1, 0.15) is 11.4 Å². The van der Waals surface area contributed by atoms with Gasteiger partial charge in [-0.3, -0.25) is 0 Å². The van der Waals surface area contributed by atoms with Crippen molar-refractivity contribution in [2.24, 2.45) is 5.16 Å². The SMILES string of the molecule is CC(C)(C)ON=C(c1ccc(F)c(Br)c1)c1c(O)ccc[n+]1[O-]. The smallest absolute Gasteiger partial charge is 0.288 e. The van der Waals surface area contributed by atoms with Gasteiger partial charge in [-0.25, -0.2) is 4.39 Å². The molecular formula is C16H16BrFN2O3. The first-order valence-electron chi connectivity index (χ1n) is 6.82. The van der Waals surface area contributed by atoms with Gasteiger partial charge in [-0.2, -0.15) is 4.73 Å². The number of aromatic nitrogens is 1. The number of hydrogen-bond donors (Lipinski definition) is 1. The van der Waals surface area contributed by atoms with E-state index in [1.54, 1.807) is 20.8 Å². The minimum absolute atomic E-state index is 0.0738. The van der Waals surface area contributed by atoms with Crippen LogP contribution in [0.5, 0.6) is 5.75 Å². The van der Waals surface area contributed by atoms with Crippen LogP contribution in [0.3, 0.4) is 0 Å². The highest BCUT2D eigenvalue weighted by molar-refractivity contribution is 9.10. The van der Waals surface area contributed by atoms with Gasteiger partial charge in [-0.1, -0.05) is 5.16 Å². The fourth-order valence-electron chi connectivity index (χ4n) is 1.76. The molecular weight excluding hydrogens is 367 g/mol. The molecule has 7 heteroatoms. The summed E-state index contributed by atoms with van der Waals surface area (Å²) in [6.45, 7) is 5.39. The van der Waals surface area contributed by atoms with Crippen LogP contribution >= 0.6 is 15.9 Å². The standard InChI is InChI=1S/C16H16BrFN2O3/c1-16(2,3)23-19-14(10-6-7-12(18)11(17)9-10)15-13(21)5-4-8-20(15)22/h4-9,21H,1-3H3. The number of pyridine rings is 1. The maximum Gasteiger partial charge on any atom is 0.288 e. The van der Waals surface area contributed by atoms with Crippen LogP contribution in [0.25, 0.3) is 0 Å². The maximum absolute atomic E-state index is 13.5. The van der Waals surface area contributed by atoms with Crippen LogP contribution in [0, 0.1) is 11.0 Å². The molecule has 0 aliphatic heterocycles. The molecule has 0 atom stereocenters. The minimum Gasteiger partial charge on any atom is -0.618 e. The van der Waals surface area contributed by atoms with E-state index in [0.717, 1.165) is 0 Å². The lowest BCUT2D eigenvalue weighted by Crippen LogP contribution is -2.35. The summed E-state index contributed by atoms with van der Waals surface area (Å²) in [5, 5.41) is 26.1. The molecule has 0 saturated heterocycles. The molecule has 0 radical (unpaired) electrons. The van der Waals surface area contributed by atoms with Crippen LogP contribution in [0.4, 0.5) is 4.39 Å². The van der Waals surface area contributed by atoms with E-state index >= 15 is 0 Å². The molecule has 0 aliphatic carbocycles. The first-order valence-corrected chi connectivity index (χ1v) is 7.61. The van der Waals surface area contributed by atoms with Crippen LogP contribution in [0.2, 0.25) is 0 Å². The molecule has 2 aromatic rings. The largest absolute Gasteiger partial charge is 0.618 e. The molecule has 0 bridgehead atoms. The number of rotatable bonds is 3. The van der Waals surface area contributed by atoms with Crippen molar-refractivity contribution in [2.75, 3.05) is 0 Å². The molecule has 122 valence electrons. The number of hydrogen-bond acceptors (Lipinski definition) is 4. The Labute approximate surface area is 141 Å². The Morgan fingerprint density at radius 2 is 2.04 bits per heavy atom. The molecule has 0 spiro atoms. The Balaban J connectivity index is 2.63. The predicted octanol–water partition coefficient (Wildman–Crippen LogP) is 3.49. The summed E-state index contributed by atoms with van der Waals surface area (Å²) < 4.78 is 14.2. The van der Waals surface area contributed by atoms with E-state index in [1.807, 2.05) is 0 Å². The number of oxime groups is 1. The summed E-state index contributed by atoms with van der Waals surface area (Å²) in [4.78, 5) is 5.40. The summed E-state index contributed by atoms with van der Waals surface area (Å²) >= 11 is 3.10. The molecule has 0 saturated carbocycles. The summed E-state index contributed by atoms with van der Waals surface area (Å²) in [6, 6.07) is 6.94. The Morgan fingerprint density at radius 3 is 2.61 bits per heavy atom. The molecule has 0 fully saturated rings. The summed E-state index contributed by atoms with van der Waals surface area (Å²) in [7, 11) is 0. The average molecular weight is 383 g/mol. The first-order chi connectivity index (χ1) is 10.7. The Morgan fingerprint density at radius 1 is 1.35 bits per heavy atom. The Bertz CT molecular complexity index is 737. The zero-order chi connectivity index (χ0) is 17.2. The van der Waals surface area contributed by atoms with Crippen molar-refractivity contribution in [3.63, 3.8) is 0 Å². The molecule has 0 unspecified atom stereocenters. The van der Waals surface area contributed by atoms with E-state index in [2.05, 4.69) is 21.1 Å². The monoisotopic (exact) mass is 382 g/mol. The zero-order valence-electron chi connectivity index (χ0n) is 12.9. The lowest BCUT2D eigenvalue weighted by Gasteiger charge is -2.17. The number of benzene rings is 1. The molecule has 1 aromatic carbocycles. The Kier molecular flexibility index (Phi) is 4.89. The molecule has 0 amide bonds. The number of nitrogens with zero attached hydrogens (tertiary/aromatic N) is 2. The van der Waals surface area contributed by atoms with Gasteiger partial charge in [0, 0.05) is 11.6 Å². The van der Waals surface area contributed by atoms with Gasteiger partial charge in [0.2, 0.25) is 0 Å². The third-order valence-electron chi connectivity index (χ3n) is 2.77. The highest BCUT2D eigenvalue weighted by Crippen LogP contribution is 2.23. The van der Waals surface area contributed by atoms with Gasteiger partial charge < -0.3 is 15.2 Å². The number of aromatic hydroxyl groups is 1. The van der Waals surface area contributed by atoms with E-state index in [-0.39, 0.29) is 21.6 Å². The summed E-state index contributed by atoms with van der Waals surface area (Å²) in [5.74, 6) is -0.698. The minimum atomic E-state index is -0.597. The van der Waals surface area contributed by atoms with E-state index in [4.69, 9.17) is 4.84 Å². The van der Waals surface area contributed by atoms with Gasteiger partial charge in [-0.15, -0.1) is 0 Å². The first kappa shape index (κ1) is 17.2.